The summed E-state index contributed by atoms with van der Waals surface area (Å²) in [5, 5.41) is 43.3. The Kier molecular flexibility index (Phi) is 6.18. The molecule has 0 fully saturated rings. The molecule has 3 aliphatic carbocycles. The molecule has 1 aromatic rings. The highest BCUT2D eigenvalue weighted by Crippen LogP contribution is 2.55. The fourth-order valence-electron chi connectivity index (χ4n) is 6.59. The third kappa shape index (κ3) is 3.57. The number of carbonyl (C=O) groups is 2. The van der Waals surface area contributed by atoms with Gasteiger partial charge in [0.25, 0.3) is 0 Å². The van der Waals surface area contributed by atoms with Gasteiger partial charge in [0.2, 0.25) is 0 Å². The van der Waals surface area contributed by atoms with Crippen molar-refractivity contribution in [1.29, 1.82) is 0 Å². The molecule has 5 aliphatic rings. The largest absolute Gasteiger partial charge is 0.507 e. The van der Waals surface area contributed by atoms with Crippen LogP contribution in [0, 0.1) is 0 Å². The highest BCUT2D eigenvalue weighted by atomic mass is 35.5. The van der Waals surface area contributed by atoms with Crippen molar-refractivity contribution >= 4 is 28.7 Å². The molecule has 0 spiro atoms. The Hall–Kier alpha value is -3.11. The number of phenols is 1. The van der Waals surface area contributed by atoms with Crippen molar-refractivity contribution in [2.24, 2.45) is 0 Å². The van der Waals surface area contributed by atoms with E-state index in [-0.39, 0.29) is 82.5 Å². The Balaban J connectivity index is 1.53. The van der Waals surface area contributed by atoms with Crippen LogP contribution in [-0.2, 0) is 22.4 Å². The lowest BCUT2D eigenvalue weighted by molar-refractivity contribution is -0.115. The molecule has 0 saturated heterocycles. The van der Waals surface area contributed by atoms with Crippen LogP contribution in [0.3, 0.4) is 0 Å². The molecule has 0 radical (unpaired) electrons. The fourth-order valence-corrected chi connectivity index (χ4v) is 7.03. The minimum atomic E-state index is -1.29. The number of hydrogen-bond acceptors (Lipinski definition) is 9. The molecule has 3 unspecified atom stereocenters. The number of likely N-dealkylation sites (N-methyl/N-ethyl adjacent to an activating group) is 1. The lowest BCUT2D eigenvalue weighted by atomic mass is 9.72. The van der Waals surface area contributed by atoms with Gasteiger partial charge in [0.05, 0.1) is 23.8 Å². The van der Waals surface area contributed by atoms with Gasteiger partial charge in [-0.1, -0.05) is 24.9 Å². The first kappa shape index (κ1) is 26.1. The molecule has 0 aromatic heterocycles. The number of methoxy groups -OCH3 is 1. The van der Waals surface area contributed by atoms with Crippen LogP contribution >= 0.6 is 11.6 Å². The number of phenolic OH excluding ortho intramolecular Hbond substituents is 1. The lowest BCUT2D eigenvalue weighted by Crippen LogP contribution is -2.42. The number of Topliss-reactive ketones (excluding diaryl/α,β-unsaturated/α-hetero) is 2. The number of nitrogens with zero attached hydrogens (tertiary/aromatic N) is 1. The van der Waals surface area contributed by atoms with E-state index in [1.807, 2.05) is 18.9 Å². The molecular formula is C29H30ClNO8. The average molecular weight is 556 g/mol. The zero-order valence-electron chi connectivity index (χ0n) is 21.9. The number of ether oxygens (including phenoxy) is 2. The topological polar surface area (TPSA) is 137 Å². The Labute approximate surface area is 230 Å². The molecule has 1 aromatic carbocycles. The van der Waals surface area contributed by atoms with E-state index in [9.17, 15) is 30.0 Å². The molecule has 39 heavy (non-hydrogen) atoms. The zero-order chi connectivity index (χ0) is 27.9. The summed E-state index contributed by atoms with van der Waals surface area (Å²) in [5.74, 6) is -0.290. The van der Waals surface area contributed by atoms with Crippen molar-refractivity contribution in [2.45, 2.75) is 63.8 Å². The molecule has 3 atom stereocenters. The fraction of sp³-hybridized carbons (Fsp3) is 0.448. The van der Waals surface area contributed by atoms with Gasteiger partial charge < -0.3 is 34.8 Å². The molecule has 9 nitrogen and oxygen atoms in total. The number of allylic oxidation sites excluding steroid dienone is 5. The summed E-state index contributed by atoms with van der Waals surface area (Å²) in [5.41, 5.74) is 3.08. The van der Waals surface area contributed by atoms with Gasteiger partial charge >= 0.3 is 0 Å². The number of ketones is 2. The second-order valence-electron chi connectivity index (χ2n) is 10.7. The number of hydrogen-bond donors (Lipinski definition) is 4. The van der Waals surface area contributed by atoms with Crippen molar-refractivity contribution in [3.05, 3.63) is 55.5 Å². The molecule has 0 amide bonds. The summed E-state index contributed by atoms with van der Waals surface area (Å²) in [6.07, 6.45) is -1.67. The van der Waals surface area contributed by atoms with Crippen LogP contribution in [0.25, 0.3) is 5.57 Å². The second-order valence-corrected chi connectivity index (χ2v) is 11.1. The average Bonchev–Trinajstić information content (AvgIpc) is 2.91. The van der Waals surface area contributed by atoms with E-state index in [0.717, 1.165) is 12.1 Å². The summed E-state index contributed by atoms with van der Waals surface area (Å²) < 4.78 is 11.8. The van der Waals surface area contributed by atoms with E-state index in [1.54, 1.807) is 0 Å². The summed E-state index contributed by atoms with van der Waals surface area (Å²) in [6.45, 7) is 2.25. The summed E-state index contributed by atoms with van der Waals surface area (Å²) >= 11 is 6.73. The Morgan fingerprint density at radius 3 is 2.49 bits per heavy atom. The molecular weight excluding hydrogens is 526 g/mol. The minimum absolute atomic E-state index is 0.0359. The first-order valence-electron chi connectivity index (χ1n) is 13.2. The maximum absolute atomic E-state index is 14.1. The van der Waals surface area contributed by atoms with Gasteiger partial charge in [0, 0.05) is 71.1 Å². The van der Waals surface area contributed by atoms with Crippen molar-refractivity contribution in [3.63, 3.8) is 0 Å². The normalized spacial score (nSPS) is 26.2. The summed E-state index contributed by atoms with van der Waals surface area (Å²) in [7, 11) is 3.29. The van der Waals surface area contributed by atoms with Crippen LogP contribution in [0.2, 0.25) is 0 Å². The van der Waals surface area contributed by atoms with Gasteiger partial charge in [-0.05, 0) is 19.3 Å². The number of fused-ring (bicyclic) bond motifs is 3. The van der Waals surface area contributed by atoms with Gasteiger partial charge in [0.15, 0.2) is 23.1 Å². The molecule has 0 bridgehead atoms. The van der Waals surface area contributed by atoms with Crippen LogP contribution < -0.4 is 9.47 Å². The summed E-state index contributed by atoms with van der Waals surface area (Å²) in [4.78, 5) is 29.8. The summed E-state index contributed by atoms with van der Waals surface area (Å²) in [6, 6.07) is 0. The van der Waals surface area contributed by atoms with Crippen molar-refractivity contribution in [3.8, 4) is 17.2 Å². The highest BCUT2D eigenvalue weighted by Gasteiger charge is 2.46. The maximum Gasteiger partial charge on any atom is 0.192 e. The predicted molar refractivity (Wildman–Crippen MR) is 141 cm³/mol. The van der Waals surface area contributed by atoms with E-state index in [2.05, 4.69) is 0 Å². The third-order valence-electron chi connectivity index (χ3n) is 8.46. The Morgan fingerprint density at radius 2 is 1.79 bits per heavy atom. The van der Waals surface area contributed by atoms with Gasteiger partial charge in [-0.3, -0.25) is 9.59 Å². The van der Waals surface area contributed by atoms with Crippen molar-refractivity contribution in [2.75, 3.05) is 20.7 Å². The molecule has 6 rings (SSSR count). The van der Waals surface area contributed by atoms with Crippen LogP contribution in [0.15, 0.2) is 38.8 Å². The SMILES string of the molecule is CCCC1=C(Cl)C2=C(CN1C)C(=O)C1=C(CCc3c(OC)c4c(c(O)c31)CC1=C(O4)C(O)CC(O)C1O)C2=O. The first-order valence-corrected chi connectivity index (χ1v) is 13.5. The van der Waals surface area contributed by atoms with E-state index in [4.69, 9.17) is 21.1 Å². The Morgan fingerprint density at radius 1 is 1.08 bits per heavy atom. The number of aromatic hydroxyl groups is 1. The molecule has 206 valence electrons. The quantitative estimate of drug-likeness (QED) is 0.414. The van der Waals surface area contributed by atoms with E-state index < -0.39 is 18.3 Å². The van der Waals surface area contributed by atoms with Crippen LogP contribution in [0.1, 0.15) is 49.3 Å². The van der Waals surface area contributed by atoms with Crippen LogP contribution in [0.5, 0.6) is 17.2 Å². The highest BCUT2D eigenvalue weighted by molar-refractivity contribution is 6.46. The monoisotopic (exact) mass is 555 g/mol. The zero-order valence-corrected chi connectivity index (χ0v) is 22.7. The standard InChI is InChI=1S/C29H30ClNO8/c1-4-5-16-22(30)21-15(10-31(16)2)26(37)19-11(24(21)35)6-7-12-20(19)25(36)14-8-13-23(34)17(32)9-18(33)27(13)39-29(14)28(12)38-3/h17-18,23,32-34,36H,4-10H2,1-3H3. The molecule has 4 N–H and O–H groups in total. The third-order valence-corrected chi connectivity index (χ3v) is 8.87. The number of benzene rings is 1. The van der Waals surface area contributed by atoms with Crippen molar-refractivity contribution < 1.29 is 39.5 Å². The van der Waals surface area contributed by atoms with Gasteiger partial charge in [-0.15, -0.1) is 0 Å². The van der Waals surface area contributed by atoms with Crippen LogP contribution in [0.4, 0.5) is 0 Å². The van der Waals surface area contributed by atoms with Crippen molar-refractivity contribution in [1.82, 2.24) is 4.90 Å². The molecule has 0 saturated carbocycles. The number of halogens is 1. The number of aliphatic hydroxyl groups is 3. The van der Waals surface area contributed by atoms with Gasteiger partial charge in [-0.25, -0.2) is 0 Å². The van der Waals surface area contributed by atoms with E-state index in [1.165, 1.54) is 7.11 Å². The minimum Gasteiger partial charge on any atom is -0.507 e. The second kappa shape index (κ2) is 9.23. The predicted octanol–water partition coefficient (Wildman–Crippen LogP) is 2.42. The van der Waals surface area contributed by atoms with E-state index in [0.29, 0.717) is 40.3 Å². The molecule has 2 aliphatic heterocycles. The first-order chi connectivity index (χ1) is 18.6. The number of rotatable bonds is 3. The number of carbonyl (C=O) groups excluding carboxylic acids is 2. The molecule has 2 heterocycles. The van der Waals surface area contributed by atoms with Gasteiger partial charge in [-0.2, -0.15) is 0 Å². The molecule has 10 heteroatoms. The number of aliphatic hydroxyl groups excluding tert-OH is 3. The van der Waals surface area contributed by atoms with E-state index >= 15 is 0 Å². The van der Waals surface area contributed by atoms with Crippen LogP contribution in [-0.4, -0.2) is 75.9 Å². The van der Waals surface area contributed by atoms with Gasteiger partial charge in [0.1, 0.15) is 23.7 Å². The maximum atomic E-state index is 14.1. The Bertz CT molecular complexity index is 1480. The smallest absolute Gasteiger partial charge is 0.192 e. The lowest BCUT2D eigenvalue weighted by Gasteiger charge is -2.38.